The maximum Gasteiger partial charge on any atom is 0.323 e. The SMILES string of the molecule is Cn1nccc1NC(=O)N1CCCC1CN1CCOCC1. The van der Waals surface area contributed by atoms with E-state index in [4.69, 9.17) is 4.74 Å². The highest BCUT2D eigenvalue weighted by Gasteiger charge is 2.30. The van der Waals surface area contributed by atoms with Crippen LogP contribution < -0.4 is 5.32 Å². The van der Waals surface area contributed by atoms with E-state index in [0.29, 0.717) is 6.04 Å². The molecule has 0 aliphatic carbocycles. The van der Waals surface area contributed by atoms with Gasteiger partial charge in [0.25, 0.3) is 0 Å². The van der Waals surface area contributed by atoms with Gasteiger partial charge in [0.05, 0.1) is 19.4 Å². The van der Waals surface area contributed by atoms with Crippen molar-refractivity contribution in [3.8, 4) is 0 Å². The van der Waals surface area contributed by atoms with Crippen LogP contribution in [-0.2, 0) is 11.8 Å². The number of anilines is 1. The van der Waals surface area contributed by atoms with E-state index < -0.39 is 0 Å². The fraction of sp³-hybridized carbons (Fsp3) is 0.714. The number of urea groups is 1. The minimum atomic E-state index is -0.0191. The predicted molar refractivity (Wildman–Crippen MR) is 79.2 cm³/mol. The van der Waals surface area contributed by atoms with Crippen molar-refractivity contribution in [2.75, 3.05) is 44.7 Å². The van der Waals surface area contributed by atoms with Crippen LogP contribution in [0.25, 0.3) is 0 Å². The summed E-state index contributed by atoms with van der Waals surface area (Å²) in [4.78, 5) is 16.8. The van der Waals surface area contributed by atoms with E-state index in [1.54, 1.807) is 10.9 Å². The van der Waals surface area contributed by atoms with Crippen LogP contribution in [0.1, 0.15) is 12.8 Å². The molecule has 21 heavy (non-hydrogen) atoms. The number of nitrogens with one attached hydrogen (secondary N) is 1. The molecule has 2 fully saturated rings. The van der Waals surface area contributed by atoms with Gasteiger partial charge in [-0.25, -0.2) is 4.79 Å². The van der Waals surface area contributed by atoms with Crippen molar-refractivity contribution in [2.45, 2.75) is 18.9 Å². The van der Waals surface area contributed by atoms with E-state index in [1.807, 2.05) is 18.0 Å². The highest BCUT2D eigenvalue weighted by atomic mass is 16.5. The number of aromatic nitrogens is 2. The van der Waals surface area contributed by atoms with E-state index in [0.717, 1.165) is 58.1 Å². The van der Waals surface area contributed by atoms with Gasteiger partial charge in [-0.3, -0.25) is 14.9 Å². The summed E-state index contributed by atoms with van der Waals surface area (Å²) in [6, 6.07) is 2.09. The molecule has 116 valence electrons. The number of rotatable bonds is 3. The molecule has 0 spiro atoms. The Hall–Kier alpha value is -1.60. The van der Waals surface area contributed by atoms with E-state index in [1.165, 1.54) is 0 Å². The highest BCUT2D eigenvalue weighted by molar-refractivity contribution is 5.88. The number of aryl methyl sites for hydroxylation is 1. The lowest BCUT2D eigenvalue weighted by Gasteiger charge is -2.32. The van der Waals surface area contributed by atoms with Crippen LogP contribution in [-0.4, -0.2) is 71.0 Å². The number of morpholine rings is 1. The molecular formula is C14H23N5O2. The van der Waals surface area contributed by atoms with Crippen molar-refractivity contribution in [1.29, 1.82) is 0 Å². The number of carbonyl (C=O) groups excluding carboxylic acids is 1. The molecule has 2 amide bonds. The average molecular weight is 293 g/mol. The van der Waals surface area contributed by atoms with Gasteiger partial charge >= 0.3 is 6.03 Å². The molecule has 3 heterocycles. The third-order valence-corrected chi connectivity index (χ3v) is 4.27. The summed E-state index contributed by atoms with van der Waals surface area (Å²) in [6.07, 6.45) is 3.84. The Morgan fingerprint density at radius 1 is 1.43 bits per heavy atom. The van der Waals surface area contributed by atoms with E-state index >= 15 is 0 Å². The summed E-state index contributed by atoms with van der Waals surface area (Å²) in [5, 5.41) is 7.01. The number of ether oxygens (including phenoxy) is 1. The summed E-state index contributed by atoms with van der Waals surface area (Å²) in [7, 11) is 1.82. The van der Waals surface area contributed by atoms with Crippen LogP contribution in [0.5, 0.6) is 0 Å². The zero-order valence-electron chi connectivity index (χ0n) is 12.5. The summed E-state index contributed by atoms with van der Waals surface area (Å²) >= 11 is 0. The molecule has 0 radical (unpaired) electrons. The van der Waals surface area contributed by atoms with Gasteiger partial charge in [-0.2, -0.15) is 5.10 Å². The fourth-order valence-corrected chi connectivity index (χ4v) is 3.05. The Bertz CT molecular complexity index is 483. The Balaban J connectivity index is 1.58. The molecule has 2 saturated heterocycles. The number of carbonyl (C=O) groups is 1. The first-order chi connectivity index (χ1) is 10.2. The third-order valence-electron chi connectivity index (χ3n) is 4.27. The normalized spacial score (nSPS) is 23.5. The van der Waals surface area contributed by atoms with E-state index in [2.05, 4.69) is 15.3 Å². The molecule has 1 aromatic rings. The molecule has 1 atom stereocenters. The van der Waals surface area contributed by atoms with Crippen LogP contribution in [0, 0.1) is 0 Å². The second-order valence-corrected chi connectivity index (χ2v) is 5.67. The maximum atomic E-state index is 12.4. The van der Waals surface area contributed by atoms with Crippen molar-refractivity contribution in [3.05, 3.63) is 12.3 Å². The van der Waals surface area contributed by atoms with Crippen LogP contribution in [0.2, 0.25) is 0 Å². The van der Waals surface area contributed by atoms with Crippen molar-refractivity contribution in [2.24, 2.45) is 7.05 Å². The van der Waals surface area contributed by atoms with E-state index in [9.17, 15) is 4.79 Å². The van der Waals surface area contributed by atoms with Gasteiger partial charge in [0.15, 0.2) is 0 Å². The van der Waals surface area contributed by atoms with Crippen LogP contribution in [0.15, 0.2) is 12.3 Å². The van der Waals surface area contributed by atoms with Crippen molar-refractivity contribution in [1.82, 2.24) is 19.6 Å². The molecule has 2 aliphatic rings. The minimum absolute atomic E-state index is 0.0191. The summed E-state index contributed by atoms with van der Waals surface area (Å²) in [5.74, 6) is 0.733. The molecule has 1 N–H and O–H groups in total. The Kier molecular flexibility index (Phi) is 4.40. The number of likely N-dealkylation sites (tertiary alicyclic amines) is 1. The Labute approximate surface area is 124 Å². The second kappa shape index (κ2) is 6.44. The lowest BCUT2D eigenvalue weighted by Crippen LogP contribution is -2.47. The second-order valence-electron chi connectivity index (χ2n) is 5.67. The Morgan fingerprint density at radius 2 is 2.24 bits per heavy atom. The summed E-state index contributed by atoms with van der Waals surface area (Å²) in [6.45, 7) is 5.31. The number of hydrogen-bond donors (Lipinski definition) is 1. The minimum Gasteiger partial charge on any atom is -0.379 e. The molecule has 0 aromatic carbocycles. The maximum absolute atomic E-state index is 12.4. The van der Waals surface area contributed by atoms with Gasteiger partial charge in [0.1, 0.15) is 5.82 Å². The van der Waals surface area contributed by atoms with Crippen molar-refractivity contribution in [3.63, 3.8) is 0 Å². The summed E-state index contributed by atoms with van der Waals surface area (Å²) < 4.78 is 7.05. The number of nitrogens with zero attached hydrogens (tertiary/aromatic N) is 4. The molecule has 7 nitrogen and oxygen atoms in total. The number of hydrogen-bond acceptors (Lipinski definition) is 4. The third kappa shape index (κ3) is 3.36. The molecule has 1 aromatic heterocycles. The van der Waals surface area contributed by atoms with E-state index in [-0.39, 0.29) is 6.03 Å². The van der Waals surface area contributed by atoms with Crippen LogP contribution in [0.4, 0.5) is 10.6 Å². The molecule has 1 unspecified atom stereocenters. The van der Waals surface area contributed by atoms with Gasteiger partial charge in [-0.15, -0.1) is 0 Å². The Morgan fingerprint density at radius 3 is 2.95 bits per heavy atom. The first-order valence-corrected chi connectivity index (χ1v) is 7.60. The number of amides is 2. The molecule has 0 saturated carbocycles. The molecule has 3 rings (SSSR count). The van der Waals surface area contributed by atoms with Crippen LogP contribution in [0.3, 0.4) is 0 Å². The van der Waals surface area contributed by atoms with Gasteiger partial charge in [0.2, 0.25) is 0 Å². The van der Waals surface area contributed by atoms with Gasteiger partial charge in [-0.05, 0) is 12.8 Å². The lowest BCUT2D eigenvalue weighted by molar-refractivity contribution is 0.0296. The summed E-state index contributed by atoms with van der Waals surface area (Å²) in [5.41, 5.74) is 0. The highest BCUT2D eigenvalue weighted by Crippen LogP contribution is 2.20. The quantitative estimate of drug-likeness (QED) is 0.893. The van der Waals surface area contributed by atoms with Crippen molar-refractivity contribution >= 4 is 11.8 Å². The van der Waals surface area contributed by atoms with Gasteiger partial charge in [-0.1, -0.05) is 0 Å². The first-order valence-electron chi connectivity index (χ1n) is 7.60. The van der Waals surface area contributed by atoms with Gasteiger partial charge in [0, 0.05) is 45.3 Å². The van der Waals surface area contributed by atoms with Gasteiger partial charge < -0.3 is 9.64 Å². The average Bonchev–Trinajstić information content (AvgIpc) is 3.10. The topological polar surface area (TPSA) is 62.6 Å². The standard InChI is InChI=1S/C14H23N5O2/c1-17-13(4-5-15-17)16-14(20)19-6-2-3-12(19)11-18-7-9-21-10-8-18/h4-5,12H,2-3,6-11H2,1H3,(H,16,20). The zero-order chi connectivity index (χ0) is 14.7. The molecule has 7 heteroatoms. The lowest BCUT2D eigenvalue weighted by atomic mass is 10.2. The monoisotopic (exact) mass is 293 g/mol. The smallest absolute Gasteiger partial charge is 0.323 e. The first kappa shape index (κ1) is 14.3. The molecule has 2 aliphatic heterocycles. The largest absolute Gasteiger partial charge is 0.379 e. The predicted octanol–water partition coefficient (Wildman–Crippen LogP) is 0.749. The molecular weight excluding hydrogens is 270 g/mol. The fourth-order valence-electron chi connectivity index (χ4n) is 3.05. The zero-order valence-corrected chi connectivity index (χ0v) is 12.5. The molecule has 0 bridgehead atoms. The van der Waals surface area contributed by atoms with Crippen LogP contribution >= 0.6 is 0 Å². The van der Waals surface area contributed by atoms with Crippen molar-refractivity contribution < 1.29 is 9.53 Å².